The van der Waals surface area contributed by atoms with Crippen LogP contribution in [-0.4, -0.2) is 54.3 Å². The Bertz CT molecular complexity index is 392. The van der Waals surface area contributed by atoms with Gasteiger partial charge >= 0.3 is 0 Å². The summed E-state index contributed by atoms with van der Waals surface area (Å²) < 4.78 is 5.58. The third kappa shape index (κ3) is 3.04. The summed E-state index contributed by atoms with van der Waals surface area (Å²) in [5.41, 5.74) is -0.154. The van der Waals surface area contributed by atoms with E-state index in [-0.39, 0.29) is 11.7 Å². The molecule has 1 saturated heterocycles. The van der Waals surface area contributed by atoms with Crippen molar-refractivity contribution >= 4 is 5.82 Å². The van der Waals surface area contributed by atoms with Crippen LogP contribution in [0.2, 0.25) is 0 Å². The molecule has 1 aliphatic rings. The summed E-state index contributed by atoms with van der Waals surface area (Å²) in [5.74, 6) is 0.584. The Morgan fingerprint density at radius 1 is 1.75 bits per heavy atom. The first-order valence-electron chi connectivity index (χ1n) is 5.33. The van der Waals surface area contributed by atoms with E-state index < -0.39 is 0 Å². The molecule has 1 atom stereocenters. The van der Waals surface area contributed by atoms with Crippen LogP contribution in [0, 0.1) is 0 Å². The van der Waals surface area contributed by atoms with Crippen molar-refractivity contribution < 1.29 is 4.74 Å². The third-order valence-corrected chi connectivity index (χ3v) is 2.53. The lowest BCUT2D eigenvalue weighted by atomic mass is 10.3. The minimum atomic E-state index is -0.154. The van der Waals surface area contributed by atoms with Crippen LogP contribution in [-0.2, 0) is 4.74 Å². The first-order chi connectivity index (χ1) is 7.74. The highest BCUT2D eigenvalue weighted by atomic mass is 16.5. The van der Waals surface area contributed by atoms with Crippen molar-refractivity contribution in [3.8, 4) is 0 Å². The standard InChI is InChI=1S/C10H16N4O2/c1-14-2-3-16-8(6-14)5-11-9-4-10(15)13-7-12-9/h4,7-8H,2-3,5-6H2,1H3,(H2,11,12,13,15). The summed E-state index contributed by atoms with van der Waals surface area (Å²) >= 11 is 0. The third-order valence-electron chi connectivity index (χ3n) is 2.53. The fraction of sp³-hybridized carbons (Fsp3) is 0.600. The normalized spacial score (nSPS) is 21.9. The highest BCUT2D eigenvalue weighted by Gasteiger charge is 2.17. The van der Waals surface area contributed by atoms with Gasteiger partial charge in [-0.05, 0) is 7.05 Å². The second kappa shape index (κ2) is 5.09. The first-order valence-corrected chi connectivity index (χ1v) is 5.33. The largest absolute Gasteiger partial charge is 0.374 e. The molecule has 0 amide bonds. The highest BCUT2D eigenvalue weighted by molar-refractivity contribution is 5.31. The Morgan fingerprint density at radius 2 is 2.62 bits per heavy atom. The molecule has 1 aromatic heterocycles. The van der Waals surface area contributed by atoms with Gasteiger partial charge < -0.3 is 19.9 Å². The summed E-state index contributed by atoms with van der Waals surface area (Å²) in [6, 6.07) is 1.44. The molecule has 1 fully saturated rings. The number of nitrogens with zero attached hydrogens (tertiary/aromatic N) is 2. The Balaban J connectivity index is 1.85. The molecule has 0 aromatic carbocycles. The lowest BCUT2D eigenvalue weighted by molar-refractivity contribution is -0.0117. The summed E-state index contributed by atoms with van der Waals surface area (Å²) in [6.45, 7) is 3.29. The minimum Gasteiger partial charge on any atom is -0.374 e. The number of anilines is 1. The van der Waals surface area contributed by atoms with Crippen LogP contribution < -0.4 is 10.9 Å². The Kier molecular flexibility index (Phi) is 3.53. The highest BCUT2D eigenvalue weighted by Crippen LogP contribution is 2.04. The van der Waals surface area contributed by atoms with Crippen molar-refractivity contribution in [2.75, 3.05) is 38.6 Å². The van der Waals surface area contributed by atoms with E-state index in [0.29, 0.717) is 12.4 Å². The van der Waals surface area contributed by atoms with Gasteiger partial charge in [0.05, 0.1) is 19.0 Å². The number of nitrogens with one attached hydrogen (secondary N) is 2. The lowest BCUT2D eigenvalue weighted by Crippen LogP contribution is -2.43. The molecule has 2 heterocycles. The summed E-state index contributed by atoms with van der Waals surface area (Å²) in [7, 11) is 2.07. The zero-order chi connectivity index (χ0) is 11.4. The maximum absolute atomic E-state index is 11.0. The molecular formula is C10H16N4O2. The zero-order valence-corrected chi connectivity index (χ0v) is 9.27. The number of hydrogen-bond acceptors (Lipinski definition) is 5. The van der Waals surface area contributed by atoms with Crippen molar-refractivity contribution in [1.29, 1.82) is 0 Å². The number of H-pyrrole nitrogens is 1. The quantitative estimate of drug-likeness (QED) is 0.725. The molecule has 6 heteroatoms. The monoisotopic (exact) mass is 224 g/mol. The van der Waals surface area contributed by atoms with Crippen molar-refractivity contribution in [3.63, 3.8) is 0 Å². The Hall–Kier alpha value is -1.40. The number of aromatic amines is 1. The lowest BCUT2D eigenvalue weighted by Gasteiger charge is -2.30. The summed E-state index contributed by atoms with van der Waals surface area (Å²) in [6.07, 6.45) is 1.54. The molecular weight excluding hydrogens is 208 g/mol. The molecule has 0 saturated carbocycles. The maximum atomic E-state index is 11.0. The van der Waals surface area contributed by atoms with Gasteiger partial charge in [-0.2, -0.15) is 0 Å². The molecule has 0 aliphatic carbocycles. The summed E-state index contributed by atoms with van der Waals surface area (Å²) in [5, 5.41) is 3.09. The zero-order valence-electron chi connectivity index (χ0n) is 9.27. The average molecular weight is 224 g/mol. The minimum absolute atomic E-state index is 0.153. The van der Waals surface area contributed by atoms with Gasteiger partial charge in [-0.3, -0.25) is 4.79 Å². The molecule has 1 aliphatic heterocycles. The van der Waals surface area contributed by atoms with Gasteiger partial charge in [0.1, 0.15) is 5.82 Å². The SMILES string of the molecule is CN1CCOC(CNc2cc(=O)[nH]cn2)C1. The van der Waals surface area contributed by atoms with Crippen LogP contribution in [0.5, 0.6) is 0 Å². The predicted molar refractivity (Wildman–Crippen MR) is 60.6 cm³/mol. The molecule has 16 heavy (non-hydrogen) atoms. The van der Waals surface area contributed by atoms with Gasteiger partial charge in [0.2, 0.25) is 0 Å². The second-order valence-corrected chi connectivity index (χ2v) is 3.93. The predicted octanol–water partition coefficient (Wildman–Crippen LogP) is -0.488. The molecule has 0 radical (unpaired) electrons. The number of hydrogen-bond donors (Lipinski definition) is 2. The second-order valence-electron chi connectivity index (χ2n) is 3.93. The molecule has 6 nitrogen and oxygen atoms in total. The van der Waals surface area contributed by atoms with Crippen LogP contribution >= 0.6 is 0 Å². The van der Waals surface area contributed by atoms with Gasteiger partial charge in [-0.1, -0.05) is 0 Å². The van der Waals surface area contributed by atoms with Gasteiger partial charge in [0.15, 0.2) is 0 Å². The van der Waals surface area contributed by atoms with Gasteiger partial charge in [-0.15, -0.1) is 0 Å². The fourth-order valence-corrected chi connectivity index (χ4v) is 1.67. The summed E-state index contributed by atoms with van der Waals surface area (Å²) in [4.78, 5) is 19.7. The first kappa shape index (κ1) is 11.1. The number of ether oxygens (including phenoxy) is 1. The van der Waals surface area contributed by atoms with Crippen molar-refractivity contribution in [2.24, 2.45) is 0 Å². The molecule has 0 bridgehead atoms. The molecule has 88 valence electrons. The molecule has 0 spiro atoms. The Morgan fingerprint density at radius 3 is 3.38 bits per heavy atom. The molecule has 2 N–H and O–H groups in total. The van der Waals surface area contributed by atoms with E-state index in [0.717, 1.165) is 19.7 Å². The van der Waals surface area contributed by atoms with Crippen LogP contribution in [0.1, 0.15) is 0 Å². The van der Waals surface area contributed by atoms with E-state index in [9.17, 15) is 4.79 Å². The number of likely N-dealkylation sites (N-methyl/N-ethyl adjacent to an activating group) is 1. The van der Waals surface area contributed by atoms with Crippen LogP contribution in [0.3, 0.4) is 0 Å². The molecule has 1 aromatic rings. The average Bonchev–Trinajstić information content (AvgIpc) is 2.27. The van der Waals surface area contributed by atoms with E-state index in [2.05, 4.69) is 27.2 Å². The van der Waals surface area contributed by atoms with Crippen LogP contribution in [0.4, 0.5) is 5.82 Å². The smallest absolute Gasteiger partial charge is 0.252 e. The van der Waals surface area contributed by atoms with Crippen LogP contribution in [0.15, 0.2) is 17.2 Å². The van der Waals surface area contributed by atoms with Crippen LogP contribution in [0.25, 0.3) is 0 Å². The molecule has 2 rings (SSSR count). The molecule has 1 unspecified atom stereocenters. The van der Waals surface area contributed by atoms with Crippen molar-refractivity contribution in [2.45, 2.75) is 6.10 Å². The number of rotatable bonds is 3. The number of morpholine rings is 1. The fourth-order valence-electron chi connectivity index (χ4n) is 1.67. The van der Waals surface area contributed by atoms with Crippen molar-refractivity contribution in [1.82, 2.24) is 14.9 Å². The van der Waals surface area contributed by atoms with Crippen molar-refractivity contribution in [3.05, 3.63) is 22.7 Å². The van der Waals surface area contributed by atoms with E-state index >= 15 is 0 Å². The van der Waals surface area contributed by atoms with E-state index in [1.807, 2.05) is 0 Å². The number of aromatic nitrogens is 2. The Labute approximate surface area is 93.6 Å². The van der Waals surface area contributed by atoms with Gasteiger partial charge in [0, 0.05) is 25.7 Å². The van der Waals surface area contributed by atoms with Gasteiger partial charge in [0.25, 0.3) is 5.56 Å². The van der Waals surface area contributed by atoms with E-state index in [1.165, 1.54) is 12.4 Å². The van der Waals surface area contributed by atoms with E-state index in [4.69, 9.17) is 4.74 Å². The van der Waals surface area contributed by atoms with Gasteiger partial charge in [-0.25, -0.2) is 4.98 Å². The topological polar surface area (TPSA) is 70.2 Å². The van der Waals surface area contributed by atoms with E-state index in [1.54, 1.807) is 0 Å². The maximum Gasteiger partial charge on any atom is 0.252 e.